The van der Waals surface area contributed by atoms with Gasteiger partial charge in [0.15, 0.2) is 5.78 Å². The predicted molar refractivity (Wildman–Crippen MR) is 135 cm³/mol. The molecule has 3 aliphatic rings. The second-order valence-electron chi connectivity index (χ2n) is 9.19. The number of carbonyl (C=O) groups is 2. The molecule has 190 valence electrons. The summed E-state index contributed by atoms with van der Waals surface area (Å²) in [4.78, 5) is 25.7. The van der Waals surface area contributed by atoms with Gasteiger partial charge in [-0.05, 0) is 37.1 Å². The average molecular weight is 492 g/mol. The van der Waals surface area contributed by atoms with E-state index in [2.05, 4.69) is 5.32 Å². The fourth-order valence-electron chi connectivity index (χ4n) is 4.79. The molecule has 2 aliphatic heterocycles. The van der Waals surface area contributed by atoms with Crippen LogP contribution in [0.5, 0.6) is 11.5 Å². The van der Waals surface area contributed by atoms with Gasteiger partial charge in [-0.15, -0.1) is 0 Å². The van der Waals surface area contributed by atoms with Gasteiger partial charge < -0.3 is 24.6 Å². The molecule has 0 spiro atoms. The van der Waals surface area contributed by atoms with Crippen LogP contribution >= 0.6 is 0 Å². The number of para-hydroxylation sites is 2. The molecule has 2 N–H and O–H groups in total. The van der Waals surface area contributed by atoms with Crippen molar-refractivity contribution in [2.75, 3.05) is 20.3 Å². The first kappa shape index (κ1) is 25.5. The second kappa shape index (κ2) is 11.9. The van der Waals surface area contributed by atoms with E-state index in [0.29, 0.717) is 43.0 Å². The Balaban J connectivity index is 0.000000375. The minimum Gasteiger partial charge on any atom is -0.508 e. The third-order valence-electron chi connectivity index (χ3n) is 6.75. The highest BCUT2D eigenvalue weighted by atomic mass is 16.6. The zero-order valence-electron chi connectivity index (χ0n) is 20.8. The molecule has 0 amide bonds. The molecule has 2 heterocycles. The van der Waals surface area contributed by atoms with Gasteiger partial charge in [0.25, 0.3) is 0 Å². The highest BCUT2D eigenvalue weighted by molar-refractivity contribution is 6.01. The van der Waals surface area contributed by atoms with Gasteiger partial charge in [-0.3, -0.25) is 4.79 Å². The lowest BCUT2D eigenvalue weighted by molar-refractivity contribution is -0.148. The number of Topliss-reactive ketones (excluding diaryl/α,β-unsaturated/α-hetero) is 1. The number of rotatable bonds is 4. The van der Waals surface area contributed by atoms with Crippen molar-refractivity contribution in [2.24, 2.45) is 0 Å². The standard InChI is InChI=1S/C23H27NO5.C6H6O/c1-14-18(23(26)29-16-7-9-28-10-8-16)13-19-20(24-14)11-15(12-21(19)25)17-5-3-4-6-22(17)27-2;7-6-4-2-1-3-5-6/h3-6,15-16,24H,7-13H2,1-2H3;1-5,7H. The molecule has 36 heavy (non-hydrogen) atoms. The Morgan fingerprint density at radius 1 is 1.03 bits per heavy atom. The molecule has 2 aromatic rings. The summed E-state index contributed by atoms with van der Waals surface area (Å²) in [5.41, 5.74) is 4.00. The number of benzene rings is 2. The first-order chi connectivity index (χ1) is 17.5. The number of allylic oxidation sites excluding steroid dienone is 3. The van der Waals surface area contributed by atoms with Gasteiger partial charge in [0, 0.05) is 48.6 Å². The number of dihydropyridines is 1. The summed E-state index contributed by atoms with van der Waals surface area (Å²) >= 11 is 0. The van der Waals surface area contributed by atoms with Crippen LogP contribution < -0.4 is 10.1 Å². The molecule has 1 unspecified atom stereocenters. The molecule has 0 saturated carbocycles. The maximum atomic E-state index is 12.9. The van der Waals surface area contributed by atoms with Gasteiger partial charge in [-0.2, -0.15) is 0 Å². The number of carbonyl (C=O) groups excluding carboxylic acids is 2. The van der Waals surface area contributed by atoms with Gasteiger partial charge in [0.2, 0.25) is 0 Å². The van der Waals surface area contributed by atoms with Crippen molar-refractivity contribution in [3.63, 3.8) is 0 Å². The van der Waals surface area contributed by atoms with Gasteiger partial charge >= 0.3 is 5.97 Å². The summed E-state index contributed by atoms with van der Waals surface area (Å²) in [5.74, 6) is 0.945. The summed E-state index contributed by atoms with van der Waals surface area (Å²) in [6.07, 6.45) is 2.82. The molecule has 2 aromatic carbocycles. The monoisotopic (exact) mass is 491 g/mol. The zero-order valence-corrected chi connectivity index (χ0v) is 20.8. The Morgan fingerprint density at radius 3 is 2.39 bits per heavy atom. The third kappa shape index (κ3) is 6.15. The quantitative estimate of drug-likeness (QED) is 0.595. The lowest BCUT2D eigenvalue weighted by Crippen LogP contribution is -2.33. The molecule has 1 atom stereocenters. The van der Waals surface area contributed by atoms with Gasteiger partial charge in [0.05, 0.1) is 25.9 Å². The van der Waals surface area contributed by atoms with Crippen LogP contribution in [-0.4, -0.2) is 43.3 Å². The van der Waals surface area contributed by atoms with E-state index in [1.54, 1.807) is 31.4 Å². The Labute approximate surface area is 211 Å². The van der Waals surface area contributed by atoms with Crippen molar-refractivity contribution in [3.8, 4) is 11.5 Å². The van der Waals surface area contributed by atoms with Crippen LogP contribution in [-0.2, 0) is 19.1 Å². The molecule has 0 radical (unpaired) electrons. The van der Waals surface area contributed by atoms with E-state index in [9.17, 15) is 9.59 Å². The lowest BCUT2D eigenvalue weighted by atomic mass is 9.78. The fourth-order valence-corrected chi connectivity index (χ4v) is 4.79. The number of ether oxygens (including phenoxy) is 3. The van der Waals surface area contributed by atoms with Crippen LogP contribution in [0.4, 0.5) is 0 Å². The number of hydrogen-bond acceptors (Lipinski definition) is 7. The van der Waals surface area contributed by atoms with Crippen molar-refractivity contribution in [1.29, 1.82) is 0 Å². The normalized spacial score (nSPS) is 20.1. The molecular formula is C29H33NO6. The summed E-state index contributed by atoms with van der Waals surface area (Å²) < 4.78 is 16.5. The van der Waals surface area contributed by atoms with Crippen molar-refractivity contribution in [3.05, 3.63) is 82.7 Å². The summed E-state index contributed by atoms with van der Waals surface area (Å²) in [7, 11) is 1.65. The van der Waals surface area contributed by atoms with E-state index < -0.39 is 0 Å². The SMILES string of the molecule is COc1ccccc1C1CC(=O)C2=C(C1)NC(C)=C(C(=O)OC1CCOCC1)C2.Oc1ccccc1. The van der Waals surface area contributed by atoms with Crippen molar-refractivity contribution >= 4 is 11.8 Å². The summed E-state index contributed by atoms with van der Waals surface area (Å²) in [5, 5.41) is 12.0. The van der Waals surface area contributed by atoms with Crippen LogP contribution in [0.1, 0.15) is 50.5 Å². The molecule has 5 rings (SSSR count). The van der Waals surface area contributed by atoms with E-state index in [0.717, 1.165) is 42.0 Å². The number of ketones is 1. The highest BCUT2D eigenvalue weighted by Gasteiger charge is 2.35. The topological polar surface area (TPSA) is 94.1 Å². The molecular weight excluding hydrogens is 458 g/mol. The van der Waals surface area contributed by atoms with Crippen LogP contribution in [0, 0.1) is 0 Å². The van der Waals surface area contributed by atoms with Crippen molar-refractivity contribution in [1.82, 2.24) is 5.32 Å². The second-order valence-corrected chi connectivity index (χ2v) is 9.19. The molecule has 1 fully saturated rings. The lowest BCUT2D eigenvalue weighted by Gasteiger charge is -2.32. The molecule has 1 saturated heterocycles. The smallest absolute Gasteiger partial charge is 0.336 e. The van der Waals surface area contributed by atoms with E-state index in [1.807, 2.05) is 37.3 Å². The largest absolute Gasteiger partial charge is 0.508 e. The number of hydrogen-bond donors (Lipinski definition) is 2. The zero-order chi connectivity index (χ0) is 25.5. The van der Waals surface area contributed by atoms with E-state index >= 15 is 0 Å². The molecule has 7 nitrogen and oxygen atoms in total. The molecule has 7 heteroatoms. The Morgan fingerprint density at radius 2 is 1.72 bits per heavy atom. The maximum absolute atomic E-state index is 12.9. The van der Waals surface area contributed by atoms with Crippen LogP contribution in [0.15, 0.2) is 77.1 Å². The molecule has 0 bridgehead atoms. The Bertz CT molecular complexity index is 1150. The van der Waals surface area contributed by atoms with Gasteiger partial charge in [-0.1, -0.05) is 36.4 Å². The summed E-state index contributed by atoms with van der Waals surface area (Å²) in [6.45, 7) is 3.11. The highest BCUT2D eigenvalue weighted by Crippen LogP contribution is 2.41. The van der Waals surface area contributed by atoms with E-state index in [4.69, 9.17) is 19.3 Å². The van der Waals surface area contributed by atoms with Gasteiger partial charge in [-0.25, -0.2) is 4.79 Å². The number of nitrogens with one attached hydrogen (secondary N) is 1. The number of esters is 1. The molecule has 1 aliphatic carbocycles. The molecule has 0 aromatic heterocycles. The van der Waals surface area contributed by atoms with Crippen LogP contribution in [0.25, 0.3) is 0 Å². The first-order valence-electron chi connectivity index (χ1n) is 12.3. The number of aromatic hydroxyl groups is 1. The fraction of sp³-hybridized carbons (Fsp3) is 0.379. The Kier molecular flexibility index (Phi) is 8.44. The van der Waals surface area contributed by atoms with Crippen LogP contribution in [0.3, 0.4) is 0 Å². The minimum atomic E-state index is -0.326. The maximum Gasteiger partial charge on any atom is 0.336 e. The van der Waals surface area contributed by atoms with Crippen LogP contribution in [0.2, 0.25) is 0 Å². The summed E-state index contributed by atoms with van der Waals surface area (Å²) in [6, 6.07) is 16.6. The minimum absolute atomic E-state index is 0.0634. The predicted octanol–water partition coefficient (Wildman–Crippen LogP) is 4.78. The third-order valence-corrected chi connectivity index (χ3v) is 6.75. The number of methoxy groups -OCH3 is 1. The van der Waals surface area contributed by atoms with Gasteiger partial charge in [0.1, 0.15) is 17.6 Å². The first-order valence-corrected chi connectivity index (χ1v) is 12.3. The number of phenols is 1. The number of phenolic OH excluding ortho intramolecular Hbond substituents is 1. The van der Waals surface area contributed by atoms with Crippen molar-refractivity contribution < 1.29 is 28.9 Å². The average Bonchev–Trinajstić information content (AvgIpc) is 2.89. The van der Waals surface area contributed by atoms with Crippen molar-refractivity contribution in [2.45, 2.75) is 51.0 Å². The van der Waals surface area contributed by atoms with E-state index in [1.165, 1.54) is 0 Å². The van der Waals surface area contributed by atoms with E-state index in [-0.39, 0.29) is 23.8 Å². The Hall–Kier alpha value is -3.58.